The molecule has 1 atom stereocenters. The third-order valence-corrected chi connectivity index (χ3v) is 2.93. The van der Waals surface area contributed by atoms with Gasteiger partial charge in [0.05, 0.1) is 0 Å². The van der Waals surface area contributed by atoms with Crippen LogP contribution in [0, 0.1) is 18.8 Å². The number of hydrogen-bond donors (Lipinski definition) is 1. The molecule has 0 saturated heterocycles. The molecule has 1 aromatic rings. The largest absolute Gasteiger partial charge is 0.488 e. The van der Waals surface area contributed by atoms with Crippen molar-refractivity contribution in [2.24, 2.45) is 0 Å². The highest BCUT2D eigenvalue weighted by Crippen LogP contribution is 2.29. The smallest absolute Gasteiger partial charge is 0.123 e. The first kappa shape index (κ1) is 12.0. The average Bonchev–Trinajstić information content (AvgIpc) is 2.70. The molecular weight excluding hydrogens is 210 g/mol. The summed E-state index contributed by atoms with van der Waals surface area (Å²) in [6.45, 7) is 5.84. The molecule has 0 amide bonds. The van der Waals surface area contributed by atoms with E-state index in [1.54, 1.807) is 0 Å². The van der Waals surface area contributed by atoms with Crippen LogP contribution < -0.4 is 10.1 Å². The zero-order chi connectivity index (χ0) is 12.1. The number of rotatable bonds is 4. The Morgan fingerprint density at radius 3 is 3.18 bits per heavy atom. The maximum Gasteiger partial charge on any atom is 0.123 e. The van der Waals surface area contributed by atoms with Gasteiger partial charge in [0.15, 0.2) is 0 Å². The van der Waals surface area contributed by atoms with Crippen LogP contribution in [0.25, 0.3) is 0 Å². The highest BCUT2D eigenvalue weighted by molar-refractivity contribution is 5.40. The van der Waals surface area contributed by atoms with Crippen molar-refractivity contribution in [3.8, 4) is 17.6 Å². The van der Waals surface area contributed by atoms with Gasteiger partial charge in [-0.3, -0.25) is 0 Å². The van der Waals surface area contributed by atoms with Gasteiger partial charge in [0, 0.05) is 25.9 Å². The van der Waals surface area contributed by atoms with Gasteiger partial charge in [-0.25, -0.2) is 0 Å². The molecule has 1 aliphatic rings. The standard InChI is InChI=1S/C15H19NO/c1-3-4-5-8-16-11-14-10-13-9-12(2)6-7-15(13)17-14/h6-7,9,14,16H,5,8,10-11H2,1-2H3. The van der Waals surface area contributed by atoms with Crippen LogP contribution in [0.5, 0.6) is 5.75 Å². The Morgan fingerprint density at radius 1 is 1.47 bits per heavy atom. The number of benzene rings is 1. The molecule has 0 fully saturated rings. The van der Waals surface area contributed by atoms with Crippen LogP contribution in [0.2, 0.25) is 0 Å². The van der Waals surface area contributed by atoms with Crippen LogP contribution in [0.4, 0.5) is 0 Å². The summed E-state index contributed by atoms with van der Waals surface area (Å²) < 4.78 is 5.87. The second kappa shape index (κ2) is 5.75. The molecule has 1 unspecified atom stereocenters. The summed E-state index contributed by atoms with van der Waals surface area (Å²) in [5.41, 5.74) is 2.64. The molecule has 1 heterocycles. The van der Waals surface area contributed by atoms with Crippen molar-refractivity contribution < 1.29 is 4.74 Å². The minimum absolute atomic E-state index is 0.279. The van der Waals surface area contributed by atoms with Gasteiger partial charge < -0.3 is 10.1 Å². The Hall–Kier alpha value is -1.46. The lowest BCUT2D eigenvalue weighted by atomic mass is 10.1. The molecule has 0 radical (unpaired) electrons. The Kier molecular flexibility index (Phi) is 4.06. The Balaban J connectivity index is 1.77. The van der Waals surface area contributed by atoms with E-state index < -0.39 is 0 Å². The van der Waals surface area contributed by atoms with E-state index in [2.05, 4.69) is 42.3 Å². The number of aryl methyl sites for hydroxylation is 1. The molecule has 0 spiro atoms. The topological polar surface area (TPSA) is 21.3 Å². The summed E-state index contributed by atoms with van der Waals surface area (Å²) in [5, 5.41) is 3.38. The number of hydrogen-bond acceptors (Lipinski definition) is 2. The van der Waals surface area contributed by atoms with Crippen LogP contribution in [0.15, 0.2) is 18.2 Å². The first-order valence-corrected chi connectivity index (χ1v) is 6.16. The molecule has 0 aromatic heterocycles. The van der Waals surface area contributed by atoms with E-state index in [9.17, 15) is 0 Å². The van der Waals surface area contributed by atoms with Crippen molar-refractivity contribution in [2.45, 2.75) is 32.8 Å². The van der Waals surface area contributed by atoms with Gasteiger partial charge in [0.1, 0.15) is 11.9 Å². The third kappa shape index (κ3) is 3.25. The zero-order valence-electron chi connectivity index (χ0n) is 10.5. The Morgan fingerprint density at radius 2 is 2.35 bits per heavy atom. The lowest BCUT2D eigenvalue weighted by molar-refractivity contribution is 0.228. The first-order chi connectivity index (χ1) is 8.29. The van der Waals surface area contributed by atoms with E-state index in [1.807, 2.05) is 6.92 Å². The van der Waals surface area contributed by atoms with E-state index in [0.717, 1.165) is 31.7 Å². The van der Waals surface area contributed by atoms with Gasteiger partial charge in [0.2, 0.25) is 0 Å². The fourth-order valence-corrected chi connectivity index (χ4v) is 2.10. The number of fused-ring (bicyclic) bond motifs is 1. The SMILES string of the molecule is CC#CCCNCC1Cc2cc(C)ccc2O1. The van der Waals surface area contributed by atoms with Crippen LogP contribution in [-0.2, 0) is 6.42 Å². The van der Waals surface area contributed by atoms with Crippen molar-refractivity contribution in [1.82, 2.24) is 5.32 Å². The van der Waals surface area contributed by atoms with E-state index in [4.69, 9.17) is 4.74 Å². The van der Waals surface area contributed by atoms with Gasteiger partial charge in [0.25, 0.3) is 0 Å². The summed E-state index contributed by atoms with van der Waals surface area (Å²) in [5.74, 6) is 6.99. The van der Waals surface area contributed by atoms with Crippen LogP contribution in [0.3, 0.4) is 0 Å². The van der Waals surface area contributed by atoms with Crippen LogP contribution >= 0.6 is 0 Å². The normalized spacial score (nSPS) is 16.9. The predicted molar refractivity (Wildman–Crippen MR) is 70.2 cm³/mol. The Bertz CT molecular complexity index is 442. The predicted octanol–water partition coefficient (Wildman–Crippen LogP) is 2.30. The molecule has 0 saturated carbocycles. The van der Waals surface area contributed by atoms with Gasteiger partial charge in [-0.05, 0) is 25.5 Å². The summed E-state index contributed by atoms with van der Waals surface area (Å²) >= 11 is 0. The number of ether oxygens (including phenoxy) is 1. The first-order valence-electron chi connectivity index (χ1n) is 6.16. The van der Waals surface area contributed by atoms with E-state index >= 15 is 0 Å². The van der Waals surface area contributed by atoms with Crippen molar-refractivity contribution in [3.63, 3.8) is 0 Å². The minimum atomic E-state index is 0.279. The molecule has 1 aromatic carbocycles. The molecule has 0 bridgehead atoms. The fourth-order valence-electron chi connectivity index (χ4n) is 2.10. The zero-order valence-corrected chi connectivity index (χ0v) is 10.5. The van der Waals surface area contributed by atoms with Crippen molar-refractivity contribution in [1.29, 1.82) is 0 Å². The van der Waals surface area contributed by atoms with Crippen LogP contribution in [0.1, 0.15) is 24.5 Å². The maximum absolute atomic E-state index is 5.87. The van der Waals surface area contributed by atoms with Gasteiger partial charge in [-0.2, -0.15) is 0 Å². The van der Waals surface area contributed by atoms with Crippen LogP contribution in [-0.4, -0.2) is 19.2 Å². The molecule has 2 nitrogen and oxygen atoms in total. The molecule has 17 heavy (non-hydrogen) atoms. The molecule has 2 heteroatoms. The molecular formula is C15H19NO. The average molecular weight is 229 g/mol. The monoisotopic (exact) mass is 229 g/mol. The lowest BCUT2D eigenvalue weighted by Gasteiger charge is -2.10. The van der Waals surface area contributed by atoms with Crippen molar-refractivity contribution in [3.05, 3.63) is 29.3 Å². The second-order valence-corrected chi connectivity index (χ2v) is 4.44. The maximum atomic E-state index is 5.87. The van der Waals surface area contributed by atoms with Gasteiger partial charge >= 0.3 is 0 Å². The summed E-state index contributed by atoms with van der Waals surface area (Å²) in [6.07, 6.45) is 2.21. The highest BCUT2D eigenvalue weighted by atomic mass is 16.5. The molecule has 2 rings (SSSR count). The minimum Gasteiger partial charge on any atom is -0.488 e. The molecule has 0 aliphatic carbocycles. The molecule has 1 N–H and O–H groups in total. The van der Waals surface area contributed by atoms with Crippen molar-refractivity contribution in [2.75, 3.05) is 13.1 Å². The van der Waals surface area contributed by atoms with Gasteiger partial charge in [-0.15, -0.1) is 11.8 Å². The van der Waals surface area contributed by atoms with E-state index in [-0.39, 0.29) is 6.10 Å². The summed E-state index contributed by atoms with van der Waals surface area (Å²) in [7, 11) is 0. The Labute approximate surface area is 103 Å². The lowest BCUT2D eigenvalue weighted by Crippen LogP contribution is -2.30. The van der Waals surface area contributed by atoms with E-state index in [1.165, 1.54) is 11.1 Å². The number of nitrogens with one attached hydrogen (secondary N) is 1. The summed E-state index contributed by atoms with van der Waals surface area (Å²) in [6, 6.07) is 6.40. The highest BCUT2D eigenvalue weighted by Gasteiger charge is 2.21. The molecule has 90 valence electrons. The molecule has 1 aliphatic heterocycles. The van der Waals surface area contributed by atoms with Crippen molar-refractivity contribution >= 4 is 0 Å². The van der Waals surface area contributed by atoms with E-state index in [0.29, 0.717) is 0 Å². The summed E-state index contributed by atoms with van der Waals surface area (Å²) in [4.78, 5) is 0. The second-order valence-electron chi connectivity index (χ2n) is 4.44. The quantitative estimate of drug-likeness (QED) is 0.632. The van der Waals surface area contributed by atoms with Gasteiger partial charge in [-0.1, -0.05) is 17.7 Å². The fraction of sp³-hybridized carbons (Fsp3) is 0.467. The third-order valence-electron chi connectivity index (χ3n) is 2.93.